The van der Waals surface area contributed by atoms with Gasteiger partial charge >= 0.3 is 0 Å². The molecule has 0 aromatic carbocycles. The summed E-state index contributed by atoms with van der Waals surface area (Å²) in [6.07, 6.45) is 12.7. The van der Waals surface area contributed by atoms with Gasteiger partial charge in [0, 0.05) is 0 Å². The first-order valence-electron chi connectivity index (χ1n) is 5.78. The Hall–Kier alpha value is -0.340. The average molecular weight is 199 g/mol. The van der Waals surface area contributed by atoms with Crippen molar-refractivity contribution in [2.24, 2.45) is 0 Å². The number of rotatable bonds is 8. The Kier molecular flexibility index (Phi) is 7.81. The molecule has 0 atom stereocenters. The van der Waals surface area contributed by atoms with Gasteiger partial charge < -0.3 is 9.85 Å². The van der Waals surface area contributed by atoms with Crippen molar-refractivity contribution in [1.82, 2.24) is 0 Å². The number of hydrogen-bond donors (Lipinski definition) is 0. The number of hydroxylamine groups is 3. The Balaban J connectivity index is 3.17. The van der Waals surface area contributed by atoms with Crippen LogP contribution in [0, 0.1) is 5.21 Å². The van der Waals surface area contributed by atoms with E-state index in [4.69, 9.17) is 0 Å². The molecule has 0 saturated carbocycles. The molecule has 0 heterocycles. The van der Waals surface area contributed by atoms with Crippen LogP contribution in [0.4, 0.5) is 0 Å². The molecule has 0 aromatic rings. The van der Waals surface area contributed by atoms with Gasteiger partial charge in [-0.05, 0) is 18.9 Å². The molecule has 2 heteroatoms. The maximum atomic E-state index is 11.1. The summed E-state index contributed by atoms with van der Waals surface area (Å²) in [5.74, 6) is 0. The van der Waals surface area contributed by atoms with Crippen LogP contribution < -0.4 is 0 Å². The molecule has 84 valence electrons. The molecule has 0 aliphatic rings. The van der Waals surface area contributed by atoms with Gasteiger partial charge in [0.2, 0.25) is 0 Å². The Labute approximate surface area is 88.8 Å². The monoisotopic (exact) mass is 199 g/mol. The van der Waals surface area contributed by atoms with Crippen molar-refractivity contribution in [2.45, 2.75) is 51.9 Å². The zero-order valence-electron chi connectivity index (χ0n) is 9.96. The van der Waals surface area contributed by atoms with Gasteiger partial charge in [0.1, 0.15) is 0 Å². The Bertz CT molecular complexity index is 147. The summed E-state index contributed by atoms with van der Waals surface area (Å²) in [5.41, 5.74) is 0. The molecule has 0 fully saturated rings. The second-order valence-corrected chi connectivity index (χ2v) is 4.38. The van der Waals surface area contributed by atoms with Gasteiger partial charge in [-0.25, -0.2) is 0 Å². The summed E-state index contributed by atoms with van der Waals surface area (Å²) in [5, 5.41) is 11.1. The highest BCUT2D eigenvalue weighted by atomic mass is 16.5. The van der Waals surface area contributed by atoms with Crippen LogP contribution in [0.15, 0.2) is 12.3 Å². The van der Waals surface area contributed by atoms with Crippen LogP contribution in [-0.4, -0.2) is 18.7 Å². The third-order valence-electron chi connectivity index (χ3n) is 2.19. The van der Waals surface area contributed by atoms with Crippen LogP contribution in [0.5, 0.6) is 0 Å². The van der Waals surface area contributed by atoms with E-state index in [1.165, 1.54) is 38.5 Å². The molecule has 0 aliphatic heterocycles. The van der Waals surface area contributed by atoms with Crippen LogP contribution in [0.3, 0.4) is 0 Å². The highest BCUT2D eigenvalue weighted by Gasteiger charge is 1.92. The van der Waals surface area contributed by atoms with Crippen LogP contribution in [0.2, 0.25) is 0 Å². The maximum absolute atomic E-state index is 11.1. The second-order valence-electron chi connectivity index (χ2n) is 4.38. The molecule has 0 bridgehead atoms. The molecule has 0 aromatic heterocycles. The summed E-state index contributed by atoms with van der Waals surface area (Å²) < 4.78 is -0.310. The number of hydrogen-bond acceptors (Lipinski definition) is 1. The number of quaternary nitrogens is 1. The molecular formula is C12H25NO. The fourth-order valence-corrected chi connectivity index (χ4v) is 1.37. The van der Waals surface area contributed by atoms with Crippen molar-refractivity contribution in [3.05, 3.63) is 17.5 Å². The van der Waals surface area contributed by atoms with Gasteiger partial charge in [0.15, 0.2) is 0 Å². The van der Waals surface area contributed by atoms with Crippen molar-refractivity contribution in [2.75, 3.05) is 14.1 Å². The zero-order chi connectivity index (χ0) is 10.9. The summed E-state index contributed by atoms with van der Waals surface area (Å²) in [6, 6.07) is 0. The molecule has 0 spiro atoms. The van der Waals surface area contributed by atoms with Gasteiger partial charge in [-0.15, -0.1) is 0 Å². The van der Waals surface area contributed by atoms with E-state index in [0.29, 0.717) is 0 Å². The van der Waals surface area contributed by atoms with Gasteiger partial charge in [-0.2, -0.15) is 0 Å². The summed E-state index contributed by atoms with van der Waals surface area (Å²) in [6.45, 7) is 2.23. The minimum Gasteiger partial charge on any atom is -0.628 e. The molecule has 14 heavy (non-hydrogen) atoms. The Morgan fingerprint density at radius 2 is 1.57 bits per heavy atom. The molecule has 0 saturated heterocycles. The Morgan fingerprint density at radius 1 is 1.00 bits per heavy atom. The third-order valence-corrected chi connectivity index (χ3v) is 2.19. The molecular weight excluding hydrogens is 174 g/mol. The normalized spacial score (nSPS) is 12.6. The van der Waals surface area contributed by atoms with Crippen LogP contribution in [0.1, 0.15) is 51.9 Å². The van der Waals surface area contributed by atoms with E-state index in [9.17, 15) is 5.21 Å². The van der Waals surface area contributed by atoms with Crippen molar-refractivity contribution in [3.63, 3.8) is 0 Å². The minimum atomic E-state index is -0.310. The quantitative estimate of drug-likeness (QED) is 0.331. The van der Waals surface area contributed by atoms with Crippen molar-refractivity contribution in [3.8, 4) is 0 Å². The molecule has 0 radical (unpaired) electrons. The Morgan fingerprint density at radius 3 is 2.14 bits per heavy atom. The predicted molar refractivity (Wildman–Crippen MR) is 62.6 cm³/mol. The second kappa shape index (κ2) is 8.01. The molecule has 0 unspecified atom stereocenters. The fraction of sp³-hybridized carbons (Fsp3) is 0.833. The predicted octanol–water partition coefficient (Wildman–Crippen LogP) is 3.82. The number of allylic oxidation sites excluding steroid dienone is 1. The number of unbranched alkanes of at least 4 members (excludes halogenated alkanes) is 6. The molecule has 2 nitrogen and oxygen atoms in total. The summed E-state index contributed by atoms with van der Waals surface area (Å²) >= 11 is 0. The van der Waals surface area contributed by atoms with Gasteiger partial charge in [0.05, 0.1) is 20.3 Å². The van der Waals surface area contributed by atoms with Crippen molar-refractivity contribution >= 4 is 0 Å². The van der Waals surface area contributed by atoms with Gasteiger partial charge in [-0.3, -0.25) is 0 Å². The zero-order valence-corrected chi connectivity index (χ0v) is 9.96. The topological polar surface area (TPSA) is 23.1 Å². The summed E-state index contributed by atoms with van der Waals surface area (Å²) in [4.78, 5) is 0. The molecule has 0 aliphatic carbocycles. The highest BCUT2D eigenvalue weighted by Crippen LogP contribution is 2.07. The van der Waals surface area contributed by atoms with Crippen LogP contribution in [-0.2, 0) is 0 Å². The van der Waals surface area contributed by atoms with Gasteiger partial charge in [0.25, 0.3) is 0 Å². The smallest absolute Gasteiger partial charge is 0.0913 e. The SMILES string of the molecule is CCCCCCCCC=C[N+](C)(C)[O-]. The van der Waals surface area contributed by atoms with E-state index in [1.54, 1.807) is 20.3 Å². The third kappa shape index (κ3) is 11.7. The van der Waals surface area contributed by atoms with E-state index in [-0.39, 0.29) is 4.65 Å². The molecule has 0 amide bonds. The lowest BCUT2D eigenvalue weighted by molar-refractivity contribution is -0.785. The van der Waals surface area contributed by atoms with Crippen molar-refractivity contribution < 1.29 is 4.65 Å². The lowest BCUT2D eigenvalue weighted by Gasteiger charge is -2.28. The first-order valence-corrected chi connectivity index (χ1v) is 5.78. The molecule has 0 rings (SSSR count). The fourth-order valence-electron chi connectivity index (χ4n) is 1.37. The van der Waals surface area contributed by atoms with E-state index in [1.807, 2.05) is 6.08 Å². The average Bonchev–Trinajstić information content (AvgIpc) is 2.08. The van der Waals surface area contributed by atoms with Crippen LogP contribution in [0.25, 0.3) is 0 Å². The first kappa shape index (κ1) is 13.7. The van der Waals surface area contributed by atoms with E-state index in [2.05, 4.69) is 6.92 Å². The number of nitrogens with zero attached hydrogens (tertiary/aromatic N) is 1. The first-order chi connectivity index (χ1) is 6.56. The lowest BCUT2D eigenvalue weighted by atomic mass is 10.1. The summed E-state index contributed by atoms with van der Waals surface area (Å²) in [7, 11) is 3.27. The van der Waals surface area contributed by atoms with Crippen LogP contribution >= 0.6 is 0 Å². The lowest BCUT2D eigenvalue weighted by Crippen LogP contribution is -2.23. The van der Waals surface area contributed by atoms with E-state index >= 15 is 0 Å². The molecule has 0 N–H and O–H groups in total. The van der Waals surface area contributed by atoms with Crippen molar-refractivity contribution in [1.29, 1.82) is 0 Å². The standard InChI is InChI=1S/C12H25NO/c1-4-5-6-7-8-9-10-11-12-13(2,3)14/h11-12H,4-10H2,1-3H3. The van der Waals surface area contributed by atoms with E-state index in [0.717, 1.165) is 6.42 Å². The maximum Gasteiger partial charge on any atom is 0.0913 e. The largest absolute Gasteiger partial charge is 0.628 e. The highest BCUT2D eigenvalue weighted by molar-refractivity contribution is 4.73. The van der Waals surface area contributed by atoms with E-state index < -0.39 is 0 Å². The minimum absolute atomic E-state index is 0.310. The van der Waals surface area contributed by atoms with Gasteiger partial charge in [-0.1, -0.05) is 39.0 Å².